The smallest absolute Gasteiger partial charge is 0.201 e. The summed E-state index contributed by atoms with van der Waals surface area (Å²) in [4.78, 5) is 20.9. The Kier molecular flexibility index (Phi) is 5.82. The molecular weight excluding hydrogens is 376 g/mol. The van der Waals surface area contributed by atoms with Crippen LogP contribution >= 0.6 is 0 Å². The fraction of sp³-hybridized carbons (Fsp3) is 0.167. The average Bonchev–Trinajstić information content (AvgIpc) is 2.66. The van der Waals surface area contributed by atoms with Crippen LogP contribution in [0.15, 0.2) is 42.7 Å². The van der Waals surface area contributed by atoms with E-state index in [0.29, 0.717) is 23.0 Å². The van der Waals surface area contributed by atoms with E-state index in [1.807, 2.05) is 0 Å². The summed E-state index contributed by atoms with van der Waals surface area (Å²) in [6.07, 6.45) is 3.66. The van der Waals surface area contributed by atoms with Gasteiger partial charge in [-0.15, -0.1) is 0 Å². The predicted octanol–water partition coefficient (Wildman–Crippen LogP) is 2.19. The molecule has 1 aromatic heterocycles. The van der Waals surface area contributed by atoms with Gasteiger partial charge in [0.05, 0.1) is 16.6 Å². The quantitative estimate of drug-likeness (QED) is 0.366. The maximum absolute atomic E-state index is 14.2. The Hall–Kier alpha value is -2.78. The van der Waals surface area contributed by atoms with E-state index in [1.165, 1.54) is 30.6 Å². The first-order valence-corrected chi connectivity index (χ1v) is 9.25. The van der Waals surface area contributed by atoms with Crippen LogP contribution in [0.2, 0.25) is 0 Å². The van der Waals surface area contributed by atoms with Crippen molar-refractivity contribution in [1.82, 2.24) is 14.7 Å². The van der Waals surface area contributed by atoms with Crippen LogP contribution in [0, 0.1) is 11.6 Å². The molecule has 3 rings (SSSR count). The van der Waals surface area contributed by atoms with Gasteiger partial charge in [0.1, 0.15) is 0 Å². The molecule has 0 aliphatic rings. The molecule has 0 aliphatic carbocycles. The van der Waals surface area contributed by atoms with Crippen LogP contribution in [0.25, 0.3) is 11.0 Å². The van der Waals surface area contributed by atoms with E-state index in [4.69, 9.17) is 0 Å². The first kappa shape index (κ1) is 19.0. The number of aromatic nitrogens is 2. The van der Waals surface area contributed by atoms with Gasteiger partial charge < -0.3 is 0 Å². The molecule has 0 bridgehead atoms. The third-order valence-electron chi connectivity index (χ3n) is 3.95. The lowest BCUT2D eigenvalue weighted by atomic mass is 9.98. The molecule has 6 nitrogen and oxygen atoms in total. The molecule has 2 aromatic carbocycles. The van der Waals surface area contributed by atoms with Crippen molar-refractivity contribution in [1.29, 1.82) is 0 Å². The number of hydrogen-bond donors (Lipinski definition) is 2. The van der Waals surface area contributed by atoms with E-state index in [9.17, 15) is 22.0 Å². The zero-order chi connectivity index (χ0) is 19.4. The topological polar surface area (TPSA) is 89.0 Å². The highest BCUT2D eigenvalue weighted by atomic mass is 32.2. The molecule has 27 heavy (non-hydrogen) atoms. The van der Waals surface area contributed by atoms with Crippen molar-refractivity contribution in [2.75, 3.05) is 6.54 Å². The molecule has 0 amide bonds. The molecule has 0 radical (unpaired) electrons. The van der Waals surface area contributed by atoms with E-state index in [0.717, 1.165) is 6.07 Å². The Bertz CT molecular complexity index is 1080. The summed E-state index contributed by atoms with van der Waals surface area (Å²) in [6, 6.07) is 6.85. The van der Waals surface area contributed by atoms with E-state index in [2.05, 4.69) is 14.7 Å². The molecule has 0 aliphatic heterocycles. The third-order valence-corrected chi connectivity index (χ3v) is 4.43. The molecule has 3 aromatic rings. The fourth-order valence-corrected chi connectivity index (χ4v) is 3.02. The highest BCUT2D eigenvalue weighted by Crippen LogP contribution is 2.21. The highest BCUT2D eigenvalue weighted by Gasteiger charge is 2.19. The van der Waals surface area contributed by atoms with Crippen molar-refractivity contribution in [3.63, 3.8) is 0 Å². The second kappa shape index (κ2) is 8.28. The van der Waals surface area contributed by atoms with Crippen molar-refractivity contribution in [3.05, 3.63) is 71.1 Å². The van der Waals surface area contributed by atoms with Crippen LogP contribution in [-0.2, 0) is 17.3 Å². The minimum Gasteiger partial charge on any atom is -0.288 e. The van der Waals surface area contributed by atoms with Gasteiger partial charge >= 0.3 is 0 Å². The third kappa shape index (κ3) is 4.50. The molecule has 9 heteroatoms. The van der Waals surface area contributed by atoms with E-state index >= 15 is 0 Å². The lowest BCUT2D eigenvalue weighted by Crippen LogP contribution is -2.13. The van der Waals surface area contributed by atoms with Crippen LogP contribution in [0.4, 0.5) is 8.78 Å². The van der Waals surface area contributed by atoms with Crippen molar-refractivity contribution >= 4 is 27.7 Å². The molecule has 0 atom stereocenters. The SMILES string of the molecule is O=C(c1ccc2nccnc2c1)c1cc(CCCN[SH](=O)=O)cc(F)c1F. The summed E-state index contributed by atoms with van der Waals surface area (Å²) in [5.74, 6) is -3.01. The summed E-state index contributed by atoms with van der Waals surface area (Å²) in [5.41, 5.74) is 1.25. The number of benzene rings is 2. The second-order valence-corrected chi connectivity index (χ2v) is 6.63. The van der Waals surface area contributed by atoms with Gasteiger partial charge in [0.2, 0.25) is 10.9 Å². The summed E-state index contributed by atoms with van der Waals surface area (Å²) in [6.45, 7) is 0.171. The minimum atomic E-state index is -2.70. The van der Waals surface area contributed by atoms with E-state index in [1.54, 1.807) is 6.07 Å². The zero-order valence-corrected chi connectivity index (χ0v) is 14.9. The molecule has 1 N–H and O–H groups in total. The Morgan fingerprint density at radius 3 is 2.52 bits per heavy atom. The van der Waals surface area contributed by atoms with Gasteiger partial charge in [-0.2, -0.15) is 0 Å². The van der Waals surface area contributed by atoms with Crippen molar-refractivity contribution < 1.29 is 22.0 Å². The van der Waals surface area contributed by atoms with Crippen LogP contribution in [0.5, 0.6) is 0 Å². The van der Waals surface area contributed by atoms with E-state index < -0.39 is 28.3 Å². The van der Waals surface area contributed by atoms with Crippen LogP contribution in [0.1, 0.15) is 27.9 Å². The van der Waals surface area contributed by atoms with Crippen molar-refractivity contribution in [3.8, 4) is 0 Å². The van der Waals surface area contributed by atoms with Crippen molar-refractivity contribution in [2.24, 2.45) is 0 Å². The number of fused-ring (bicyclic) bond motifs is 1. The number of aryl methyl sites for hydroxylation is 1. The van der Waals surface area contributed by atoms with Crippen molar-refractivity contribution in [2.45, 2.75) is 12.8 Å². The number of rotatable bonds is 7. The predicted molar refractivity (Wildman–Crippen MR) is 96.0 cm³/mol. The summed E-state index contributed by atoms with van der Waals surface area (Å²) in [5, 5.41) is 0. The Labute approximate surface area is 155 Å². The number of hydrogen-bond acceptors (Lipinski definition) is 5. The van der Waals surface area contributed by atoms with Gasteiger partial charge in [-0.1, -0.05) is 0 Å². The highest BCUT2D eigenvalue weighted by molar-refractivity contribution is 7.70. The summed E-state index contributed by atoms with van der Waals surface area (Å²) in [7, 11) is -2.70. The number of carbonyl (C=O) groups excluding carboxylic acids is 1. The molecule has 1 heterocycles. The Morgan fingerprint density at radius 2 is 1.78 bits per heavy atom. The first-order chi connectivity index (χ1) is 13.0. The molecule has 140 valence electrons. The fourth-order valence-electron chi connectivity index (χ4n) is 2.68. The Morgan fingerprint density at radius 1 is 1.04 bits per heavy atom. The summed E-state index contributed by atoms with van der Waals surface area (Å²) >= 11 is 0. The first-order valence-electron chi connectivity index (χ1n) is 8.07. The van der Waals surface area contributed by atoms with Gasteiger partial charge in [0.25, 0.3) is 0 Å². The number of nitrogens with one attached hydrogen (secondary N) is 1. The van der Waals surface area contributed by atoms with Gasteiger partial charge in [-0.3, -0.25) is 14.8 Å². The van der Waals surface area contributed by atoms with Gasteiger partial charge in [-0.25, -0.2) is 21.9 Å². The van der Waals surface area contributed by atoms with Gasteiger partial charge in [-0.05, 0) is 48.7 Å². The van der Waals surface area contributed by atoms with Crippen LogP contribution in [-0.4, -0.2) is 30.7 Å². The molecule has 0 unspecified atom stereocenters. The number of nitrogens with zero attached hydrogens (tertiary/aromatic N) is 2. The maximum Gasteiger partial charge on any atom is 0.201 e. The maximum atomic E-state index is 14.2. The largest absolute Gasteiger partial charge is 0.288 e. The van der Waals surface area contributed by atoms with Crippen LogP contribution < -0.4 is 4.72 Å². The number of halogens is 2. The second-order valence-electron chi connectivity index (χ2n) is 5.80. The normalized spacial score (nSPS) is 11.2. The van der Waals surface area contributed by atoms with Gasteiger partial charge in [0, 0.05) is 24.5 Å². The number of carbonyl (C=O) groups is 1. The monoisotopic (exact) mass is 391 g/mol. The van der Waals surface area contributed by atoms with Gasteiger partial charge in [0.15, 0.2) is 17.4 Å². The lowest BCUT2D eigenvalue weighted by Gasteiger charge is -2.08. The van der Waals surface area contributed by atoms with Crippen LogP contribution in [0.3, 0.4) is 0 Å². The standard InChI is InChI=1S/C18H15F2N3O3S/c19-14-9-11(2-1-5-23-27(25)26)8-13(17(14)20)18(24)12-3-4-15-16(10-12)22-7-6-21-15/h3-4,6-10,27H,1-2,5H2,(H,23,25,26). The molecule has 0 fully saturated rings. The zero-order valence-electron chi connectivity index (χ0n) is 14.0. The number of thiol groups is 1. The Balaban J connectivity index is 1.88. The molecule has 0 saturated carbocycles. The summed E-state index contributed by atoms with van der Waals surface area (Å²) < 4.78 is 51.3. The van der Waals surface area contributed by atoms with E-state index in [-0.39, 0.29) is 24.1 Å². The molecule has 0 saturated heterocycles. The minimum absolute atomic E-state index is 0.170. The molecular formula is C18H15F2N3O3S. The lowest BCUT2D eigenvalue weighted by molar-refractivity contribution is 0.103. The number of ketones is 1. The molecule has 0 spiro atoms. The average molecular weight is 391 g/mol.